The summed E-state index contributed by atoms with van der Waals surface area (Å²) >= 11 is 0. The Bertz CT molecular complexity index is 1300. The molecule has 3 aliphatic heterocycles. The number of hydrogen-bond acceptors (Lipinski definition) is 6. The minimum atomic E-state index is -1.69. The first kappa shape index (κ1) is 18.5. The van der Waals surface area contributed by atoms with Crippen molar-refractivity contribution in [3.63, 3.8) is 0 Å². The fourth-order valence-electron chi connectivity index (χ4n) is 4.71. The van der Waals surface area contributed by atoms with E-state index in [1.54, 1.807) is 29.2 Å². The van der Waals surface area contributed by atoms with Gasteiger partial charge in [0.2, 0.25) is 5.91 Å². The van der Waals surface area contributed by atoms with Gasteiger partial charge in [-0.2, -0.15) is 5.26 Å². The molecule has 5 rings (SSSR count). The van der Waals surface area contributed by atoms with Crippen molar-refractivity contribution < 1.29 is 14.3 Å². The van der Waals surface area contributed by atoms with Gasteiger partial charge in [0.25, 0.3) is 0 Å². The predicted molar refractivity (Wildman–Crippen MR) is 113 cm³/mol. The van der Waals surface area contributed by atoms with E-state index in [1.807, 2.05) is 30.3 Å². The van der Waals surface area contributed by atoms with Gasteiger partial charge in [-0.15, -0.1) is 6.42 Å². The Morgan fingerprint density at radius 1 is 1.13 bits per heavy atom. The Labute approximate surface area is 178 Å². The highest BCUT2D eigenvalue weighted by Crippen LogP contribution is 2.56. The molecule has 31 heavy (non-hydrogen) atoms. The molecule has 7 heteroatoms. The zero-order chi connectivity index (χ0) is 21.8. The van der Waals surface area contributed by atoms with Crippen molar-refractivity contribution in [3.8, 4) is 18.4 Å². The summed E-state index contributed by atoms with van der Waals surface area (Å²) in [6.07, 6.45) is 5.51. The van der Waals surface area contributed by atoms with Crippen LogP contribution in [0.15, 0.2) is 77.3 Å². The lowest BCUT2D eigenvalue weighted by Gasteiger charge is -2.38. The molecule has 0 radical (unpaired) electrons. The van der Waals surface area contributed by atoms with Gasteiger partial charge in [0, 0.05) is 16.9 Å². The number of nitriles is 1. The van der Waals surface area contributed by atoms with Crippen molar-refractivity contribution in [3.05, 3.63) is 82.8 Å². The van der Waals surface area contributed by atoms with Crippen LogP contribution in [-0.4, -0.2) is 25.0 Å². The lowest BCUT2D eigenvalue weighted by molar-refractivity contribution is -0.137. The van der Waals surface area contributed by atoms with Gasteiger partial charge >= 0.3 is 5.97 Å². The van der Waals surface area contributed by atoms with Gasteiger partial charge < -0.3 is 10.5 Å². The summed E-state index contributed by atoms with van der Waals surface area (Å²) < 4.78 is 5.38. The first-order chi connectivity index (χ1) is 15.1. The molecule has 1 atom stereocenters. The highest BCUT2D eigenvalue weighted by atomic mass is 16.5. The second-order valence-electron chi connectivity index (χ2n) is 7.30. The maximum Gasteiger partial charge on any atom is 0.338 e. The third kappa shape index (κ3) is 2.18. The molecular formula is C24H16N4O3. The molecule has 1 spiro atoms. The lowest BCUT2D eigenvalue weighted by atomic mass is 9.67. The monoisotopic (exact) mass is 408 g/mol. The van der Waals surface area contributed by atoms with Gasteiger partial charge in [-0.05, 0) is 18.2 Å². The topological polar surface area (TPSA) is 99.7 Å². The average molecular weight is 408 g/mol. The van der Waals surface area contributed by atoms with E-state index in [2.05, 4.69) is 12.0 Å². The number of rotatable bonds is 2. The normalized spacial score (nSPS) is 21.7. The Hall–Kier alpha value is -4.49. The SMILES string of the molecule is C#CCN1C(=O)C2(C(C#N)=C(N)N(c3ccccc3)C3=C2C(=O)OC3)c2ccccc21. The largest absolute Gasteiger partial charge is 0.456 e. The summed E-state index contributed by atoms with van der Waals surface area (Å²) in [6, 6.07) is 18.2. The number of anilines is 2. The Morgan fingerprint density at radius 2 is 1.84 bits per heavy atom. The maximum atomic E-state index is 13.9. The van der Waals surface area contributed by atoms with Gasteiger partial charge in [-0.25, -0.2) is 4.79 Å². The Balaban J connectivity index is 1.88. The van der Waals surface area contributed by atoms with E-state index in [0.717, 1.165) is 0 Å². The minimum absolute atomic E-state index is 0.00370. The van der Waals surface area contributed by atoms with Crippen molar-refractivity contribution in [2.45, 2.75) is 5.41 Å². The summed E-state index contributed by atoms with van der Waals surface area (Å²) in [4.78, 5) is 30.0. The number of terminal acetylenes is 1. The molecule has 3 aliphatic rings. The number of nitrogens with two attached hydrogens (primary N) is 1. The molecule has 2 aromatic carbocycles. The highest BCUT2D eigenvalue weighted by molar-refractivity contribution is 6.20. The van der Waals surface area contributed by atoms with Crippen molar-refractivity contribution in [1.82, 2.24) is 0 Å². The molecule has 1 amide bonds. The number of esters is 1. The van der Waals surface area contributed by atoms with E-state index in [-0.39, 0.29) is 30.1 Å². The van der Waals surface area contributed by atoms with E-state index in [4.69, 9.17) is 16.9 Å². The molecule has 0 bridgehead atoms. The average Bonchev–Trinajstić information content (AvgIpc) is 3.27. The Morgan fingerprint density at radius 3 is 2.55 bits per heavy atom. The molecule has 150 valence electrons. The number of carbonyl (C=O) groups is 2. The number of hydrogen-bond donors (Lipinski definition) is 1. The van der Waals surface area contributed by atoms with E-state index >= 15 is 0 Å². The number of carbonyl (C=O) groups excluding carboxylic acids is 2. The predicted octanol–water partition coefficient (Wildman–Crippen LogP) is 1.93. The summed E-state index contributed by atoms with van der Waals surface area (Å²) in [5.74, 6) is 1.43. The molecule has 7 nitrogen and oxygen atoms in total. The number of fused-ring (bicyclic) bond motifs is 3. The molecule has 0 saturated carbocycles. The van der Waals surface area contributed by atoms with Gasteiger partial charge in [-0.3, -0.25) is 14.6 Å². The number of ether oxygens (including phenoxy) is 1. The van der Waals surface area contributed by atoms with Crippen LogP contribution in [0.5, 0.6) is 0 Å². The van der Waals surface area contributed by atoms with Gasteiger partial charge in [0.05, 0.1) is 23.4 Å². The smallest absolute Gasteiger partial charge is 0.338 e. The standard InChI is InChI=1S/C24H16N4O3/c1-2-12-27-18-11-7-6-10-16(18)24(23(27)30)17(13-25)21(26)28(15-8-4-3-5-9-15)19-14-31-22(29)20(19)24/h1,3-11H,12,14,26H2. The molecule has 0 aliphatic carbocycles. The van der Waals surface area contributed by atoms with E-state index < -0.39 is 17.3 Å². The van der Waals surface area contributed by atoms with Gasteiger partial charge in [0.15, 0.2) is 0 Å². The van der Waals surface area contributed by atoms with Crippen LogP contribution < -0.4 is 15.5 Å². The van der Waals surface area contributed by atoms with E-state index in [0.29, 0.717) is 22.6 Å². The minimum Gasteiger partial charge on any atom is -0.456 e. The van der Waals surface area contributed by atoms with Crippen LogP contribution in [0.25, 0.3) is 0 Å². The quantitative estimate of drug-likeness (QED) is 0.602. The molecule has 3 heterocycles. The Kier molecular flexibility index (Phi) is 3.89. The zero-order valence-electron chi connectivity index (χ0n) is 16.3. The lowest BCUT2D eigenvalue weighted by Crippen LogP contribution is -2.50. The summed E-state index contributed by atoms with van der Waals surface area (Å²) in [7, 11) is 0. The first-order valence-electron chi connectivity index (χ1n) is 9.58. The molecule has 0 saturated heterocycles. The molecular weight excluding hydrogens is 392 g/mol. The second kappa shape index (κ2) is 6.51. The van der Waals surface area contributed by atoms with Gasteiger partial charge in [0.1, 0.15) is 23.9 Å². The van der Waals surface area contributed by atoms with Crippen molar-refractivity contribution in [1.29, 1.82) is 5.26 Å². The fraction of sp³-hybridized carbons (Fsp3) is 0.125. The number of cyclic esters (lactones) is 1. The van der Waals surface area contributed by atoms with Crippen LogP contribution in [0.3, 0.4) is 0 Å². The van der Waals surface area contributed by atoms with Crippen molar-refractivity contribution in [2.24, 2.45) is 5.73 Å². The zero-order valence-corrected chi connectivity index (χ0v) is 16.3. The number of para-hydroxylation sites is 2. The molecule has 2 N–H and O–H groups in total. The first-order valence-corrected chi connectivity index (χ1v) is 9.58. The molecule has 0 aromatic heterocycles. The second-order valence-corrected chi connectivity index (χ2v) is 7.30. The van der Waals surface area contributed by atoms with E-state index in [1.165, 1.54) is 4.90 Å². The highest BCUT2D eigenvalue weighted by Gasteiger charge is 2.63. The van der Waals surface area contributed by atoms with Crippen molar-refractivity contribution in [2.75, 3.05) is 23.0 Å². The van der Waals surface area contributed by atoms with Crippen LogP contribution in [-0.2, 0) is 19.7 Å². The number of amides is 1. The summed E-state index contributed by atoms with van der Waals surface area (Å²) in [5.41, 5.74) is 7.07. The number of benzene rings is 2. The molecule has 0 fully saturated rings. The van der Waals surface area contributed by atoms with Crippen LogP contribution in [0.1, 0.15) is 5.56 Å². The third-order valence-corrected chi connectivity index (χ3v) is 5.89. The van der Waals surface area contributed by atoms with Crippen LogP contribution in [0, 0.1) is 23.7 Å². The van der Waals surface area contributed by atoms with E-state index in [9.17, 15) is 14.9 Å². The maximum absolute atomic E-state index is 13.9. The van der Waals surface area contributed by atoms with Crippen LogP contribution >= 0.6 is 0 Å². The summed E-state index contributed by atoms with van der Waals surface area (Å²) in [5, 5.41) is 10.2. The molecule has 2 aromatic rings. The van der Waals surface area contributed by atoms with Crippen LogP contribution in [0.4, 0.5) is 11.4 Å². The number of nitrogens with zero attached hydrogens (tertiary/aromatic N) is 3. The molecule has 1 unspecified atom stereocenters. The van der Waals surface area contributed by atoms with Crippen molar-refractivity contribution >= 4 is 23.3 Å². The third-order valence-electron chi connectivity index (χ3n) is 5.89. The van der Waals surface area contributed by atoms with Gasteiger partial charge in [-0.1, -0.05) is 42.3 Å². The summed E-state index contributed by atoms with van der Waals surface area (Å²) in [6.45, 7) is -0.0644. The fourth-order valence-corrected chi connectivity index (χ4v) is 4.71. The van der Waals surface area contributed by atoms with Crippen LogP contribution in [0.2, 0.25) is 0 Å².